The highest BCUT2D eigenvalue weighted by molar-refractivity contribution is 6.35. The summed E-state index contributed by atoms with van der Waals surface area (Å²) in [5, 5.41) is 5.26. The van der Waals surface area contributed by atoms with E-state index in [4.69, 9.17) is 0 Å². The van der Waals surface area contributed by atoms with E-state index in [1.807, 2.05) is 14.1 Å². The Balaban J connectivity index is 2.04. The van der Waals surface area contributed by atoms with E-state index in [1.165, 1.54) is 12.8 Å². The first-order valence-corrected chi connectivity index (χ1v) is 8.71. The highest BCUT2D eigenvalue weighted by Crippen LogP contribution is 2.26. The number of hydrogen-bond acceptors (Lipinski definition) is 4. The molecule has 1 aliphatic rings. The molecule has 6 nitrogen and oxygen atoms in total. The van der Waals surface area contributed by atoms with Crippen molar-refractivity contribution in [2.75, 3.05) is 45.2 Å². The zero-order valence-corrected chi connectivity index (χ0v) is 15.1. The standard InChI is InChI=1S/C19H28N4O2/c1-4-11-20-18(24)19(25)21-14-17(23-12-5-6-13-23)15-7-9-16(10-8-15)22(2)3/h4,7-10,17H,1,5-6,11-14H2,2-3H3,(H,20,24)(H,21,25)/t17-/m1/s1. The number of amides is 2. The molecule has 1 saturated heterocycles. The van der Waals surface area contributed by atoms with Crippen LogP contribution in [0.3, 0.4) is 0 Å². The Morgan fingerprint density at radius 2 is 1.76 bits per heavy atom. The van der Waals surface area contributed by atoms with Crippen molar-refractivity contribution in [1.29, 1.82) is 0 Å². The van der Waals surface area contributed by atoms with E-state index >= 15 is 0 Å². The Morgan fingerprint density at radius 3 is 2.32 bits per heavy atom. The first kappa shape index (κ1) is 19.0. The Bertz CT molecular complexity index is 592. The fourth-order valence-corrected chi connectivity index (χ4v) is 3.02. The van der Waals surface area contributed by atoms with E-state index < -0.39 is 11.8 Å². The van der Waals surface area contributed by atoms with Crippen molar-refractivity contribution < 1.29 is 9.59 Å². The van der Waals surface area contributed by atoms with Gasteiger partial charge in [0.15, 0.2) is 0 Å². The van der Waals surface area contributed by atoms with Crippen molar-refractivity contribution in [3.8, 4) is 0 Å². The summed E-state index contributed by atoms with van der Waals surface area (Å²) in [4.78, 5) is 28.1. The largest absolute Gasteiger partial charge is 0.378 e. The van der Waals surface area contributed by atoms with Crippen molar-refractivity contribution in [2.24, 2.45) is 0 Å². The van der Waals surface area contributed by atoms with Gasteiger partial charge in [-0.05, 0) is 43.6 Å². The Morgan fingerprint density at radius 1 is 1.16 bits per heavy atom. The molecule has 1 fully saturated rings. The number of anilines is 1. The first-order valence-electron chi connectivity index (χ1n) is 8.71. The molecule has 0 radical (unpaired) electrons. The van der Waals surface area contributed by atoms with Crippen LogP contribution in [0.25, 0.3) is 0 Å². The van der Waals surface area contributed by atoms with Gasteiger partial charge in [0, 0.05) is 32.9 Å². The van der Waals surface area contributed by atoms with Crippen LogP contribution in [0.15, 0.2) is 36.9 Å². The minimum absolute atomic E-state index is 0.0786. The van der Waals surface area contributed by atoms with Crippen LogP contribution in [0, 0.1) is 0 Å². The molecule has 2 rings (SSSR count). The van der Waals surface area contributed by atoms with E-state index in [0.717, 1.165) is 24.3 Å². The summed E-state index contributed by atoms with van der Waals surface area (Å²) in [5.74, 6) is -1.22. The van der Waals surface area contributed by atoms with E-state index in [9.17, 15) is 9.59 Å². The Labute approximate surface area is 149 Å². The zero-order valence-electron chi connectivity index (χ0n) is 15.1. The molecule has 1 aromatic rings. The van der Waals surface area contributed by atoms with Crippen LogP contribution in [0.2, 0.25) is 0 Å². The Kier molecular flexibility index (Phi) is 7.01. The molecule has 1 heterocycles. The van der Waals surface area contributed by atoms with Gasteiger partial charge in [0.1, 0.15) is 0 Å². The Hall–Kier alpha value is -2.34. The molecule has 0 spiro atoms. The van der Waals surface area contributed by atoms with Crippen LogP contribution in [-0.2, 0) is 9.59 Å². The fourth-order valence-electron chi connectivity index (χ4n) is 3.02. The van der Waals surface area contributed by atoms with Crippen molar-refractivity contribution >= 4 is 17.5 Å². The van der Waals surface area contributed by atoms with Crippen molar-refractivity contribution in [2.45, 2.75) is 18.9 Å². The van der Waals surface area contributed by atoms with Gasteiger partial charge in [-0.2, -0.15) is 0 Å². The second kappa shape index (κ2) is 9.22. The van der Waals surface area contributed by atoms with Gasteiger partial charge in [0.2, 0.25) is 0 Å². The lowest BCUT2D eigenvalue weighted by molar-refractivity contribution is -0.139. The summed E-state index contributed by atoms with van der Waals surface area (Å²) in [5.41, 5.74) is 2.29. The van der Waals surface area contributed by atoms with Gasteiger partial charge < -0.3 is 15.5 Å². The van der Waals surface area contributed by atoms with Gasteiger partial charge in [-0.15, -0.1) is 6.58 Å². The molecule has 6 heteroatoms. The molecule has 1 atom stereocenters. The molecule has 1 aliphatic heterocycles. The lowest BCUT2D eigenvalue weighted by atomic mass is 10.0. The summed E-state index contributed by atoms with van der Waals surface area (Å²) >= 11 is 0. The molecular weight excluding hydrogens is 316 g/mol. The van der Waals surface area contributed by atoms with Crippen molar-refractivity contribution in [1.82, 2.24) is 15.5 Å². The number of rotatable bonds is 7. The SMILES string of the molecule is C=CCNC(=O)C(=O)NC[C@H](c1ccc(N(C)C)cc1)N1CCCC1. The molecule has 1 aromatic carbocycles. The van der Waals surface area contributed by atoms with Crippen LogP contribution >= 0.6 is 0 Å². The van der Waals surface area contributed by atoms with Crippen molar-refractivity contribution in [3.05, 3.63) is 42.5 Å². The summed E-state index contributed by atoms with van der Waals surface area (Å²) in [6.07, 6.45) is 3.88. The van der Waals surface area contributed by atoms with Gasteiger partial charge in [-0.25, -0.2) is 0 Å². The van der Waals surface area contributed by atoms with Gasteiger partial charge in [0.05, 0.1) is 6.04 Å². The molecular formula is C19H28N4O2. The zero-order chi connectivity index (χ0) is 18.2. The van der Waals surface area contributed by atoms with Gasteiger partial charge in [-0.3, -0.25) is 14.5 Å². The highest BCUT2D eigenvalue weighted by atomic mass is 16.2. The summed E-state index contributed by atoms with van der Waals surface area (Å²) in [7, 11) is 4.02. The molecule has 25 heavy (non-hydrogen) atoms. The van der Waals surface area contributed by atoms with Crippen LogP contribution < -0.4 is 15.5 Å². The smallest absolute Gasteiger partial charge is 0.309 e. The number of likely N-dealkylation sites (tertiary alicyclic amines) is 1. The lowest BCUT2D eigenvalue weighted by Crippen LogP contribution is -2.43. The monoisotopic (exact) mass is 344 g/mol. The molecule has 0 saturated carbocycles. The predicted octanol–water partition coefficient (Wildman–Crippen LogP) is 1.31. The maximum atomic E-state index is 12.0. The maximum absolute atomic E-state index is 12.0. The fraction of sp³-hybridized carbons (Fsp3) is 0.474. The number of nitrogens with zero attached hydrogens (tertiary/aromatic N) is 2. The van der Waals surface area contributed by atoms with Crippen LogP contribution in [0.4, 0.5) is 5.69 Å². The minimum Gasteiger partial charge on any atom is -0.378 e. The number of carbonyl (C=O) groups is 2. The first-order chi connectivity index (χ1) is 12.0. The summed E-state index contributed by atoms with van der Waals surface area (Å²) in [6, 6.07) is 8.44. The third-order valence-electron chi connectivity index (χ3n) is 4.44. The average Bonchev–Trinajstić information content (AvgIpc) is 3.14. The predicted molar refractivity (Wildman–Crippen MR) is 101 cm³/mol. The third kappa shape index (κ3) is 5.32. The molecule has 2 amide bonds. The highest BCUT2D eigenvalue weighted by Gasteiger charge is 2.25. The molecule has 0 aliphatic carbocycles. The van der Waals surface area contributed by atoms with Crippen LogP contribution in [-0.4, -0.2) is 57.0 Å². The van der Waals surface area contributed by atoms with E-state index in [-0.39, 0.29) is 12.6 Å². The minimum atomic E-state index is -0.622. The number of nitrogens with one attached hydrogen (secondary N) is 2. The van der Waals surface area contributed by atoms with E-state index in [1.54, 1.807) is 6.08 Å². The van der Waals surface area contributed by atoms with Crippen molar-refractivity contribution in [3.63, 3.8) is 0 Å². The van der Waals surface area contributed by atoms with E-state index in [0.29, 0.717) is 6.54 Å². The van der Waals surface area contributed by atoms with E-state index in [2.05, 4.69) is 51.3 Å². The number of hydrogen-bond donors (Lipinski definition) is 2. The average molecular weight is 344 g/mol. The molecule has 2 N–H and O–H groups in total. The van der Waals surface area contributed by atoms with Crippen LogP contribution in [0.1, 0.15) is 24.4 Å². The third-order valence-corrected chi connectivity index (χ3v) is 4.44. The quantitative estimate of drug-likeness (QED) is 0.578. The second-order valence-corrected chi connectivity index (χ2v) is 6.45. The van der Waals surface area contributed by atoms with Crippen LogP contribution in [0.5, 0.6) is 0 Å². The summed E-state index contributed by atoms with van der Waals surface area (Å²) < 4.78 is 0. The van der Waals surface area contributed by atoms with Gasteiger partial charge >= 0.3 is 11.8 Å². The molecule has 0 unspecified atom stereocenters. The summed E-state index contributed by atoms with van der Waals surface area (Å²) in [6.45, 7) is 6.25. The molecule has 0 aromatic heterocycles. The second-order valence-electron chi connectivity index (χ2n) is 6.45. The number of carbonyl (C=O) groups excluding carboxylic acids is 2. The molecule has 136 valence electrons. The van der Waals surface area contributed by atoms with Gasteiger partial charge in [-0.1, -0.05) is 18.2 Å². The maximum Gasteiger partial charge on any atom is 0.309 e. The number of benzene rings is 1. The lowest BCUT2D eigenvalue weighted by Gasteiger charge is -2.28. The molecule has 0 bridgehead atoms. The van der Waals surface area contributed by atoms with Gasteiger partial charge in [0.25, 0.3) is 0 Å². The topological polar surface area (TPSA) is 64.7 Å². The normalized spacial score (nSPS) is 15.4.